The molecule has 0 unspecified atom stereocenters. The molecule has 2 fully saturated rings. The molecule has 4 aromatic rings. The molecule has 1 aliphatic carbocycles. The Hall–Kier alpha value is -3.37. The summed E-state index contributed by atoms with van der Waals surface area (Å²) in [6.07, 6.45) is 8.26. The Morgan fingerprint density at radius 2 is 1.92 bits per heavy atom. The van der Waals surface area contributed by atoms with Gasteiger partial charge < -0.3 is 10.1 Å². The number of hydrogen-bond acceptors (Lipinski definition) is 6. The summed E-state index contributed by atoms with van der Waals surface area (Å²) in [7, 11) is 0. The smallest absolute Gasteiger partial charge is 0.415 e. The number of benzene rings is 1. The van der Waals surface area contributed by atoms with Crippen molar-refractivity contribution < 1.29 is 13.9 Å². The zero-order chi connectivity index (χ0) is 23.1. The van der Waals surface area contributed by atoms with E-state index in [0.29, 0.717) is 24.0 Å². The van der Waals surface area contributed by atoms with E-state index in [2.05, 4.69) is 20.5 Å². The molecule has 190 valence electrons. The van der Waals surface area contributed by atoms with Crippen LogP contribution in [0.15, 0.2) is 61.2 Å². The number of pyridine rings is 1. The number of nitrogens with one attached hydrogen (secondary N) is 1. The number of para-hydroxylation sites is 1. The van der Waals surface area contributed by atoms with Gasteiger partial charge in [0, 0.05) is 18.8 Å². The molecule has 9 nitrogen and oxygen atoms in total. The molecule has 6 rings (SSSR count). The monoisotopic (exact) mass is 533 g/mol. The molecule has 1 amide bonds. The Bertz CT molecular complexity index is 1350. The fourth-order valence-electron chi connectivity index (χ4n) is 4.89. The van der Waals surface area contributed by atoms with Gasteiger partial charge in [-0.25, -0.2) is 23.4 Å². The number of anilines is 2. The molecule has 2 aliphatic rings. The van der Waals surface area contributed by atoms with Gasteiger partial charge in [0.1, 0.15) is 29.3 Å². The van der Waals surface area contributed by atoms with Gasteiger partial charge >= 0.3 is 6.09 Å². The van der Waals surface area contributed by atoms with Crippen LogP contribution in [0.2, 0.25) is 0 Å². The number of rotatable bonds is 5. The number of carbonyl (C=O) groups excluding carboxylic acids is 1. The van der Waals surface area contributed by atoms with E-state index < -0.39 is 5.60 Å². The van der Waals surface area contributed by atoms with Crippen molar-refractivity contribution in [1.82, 2.24) is 24.4 Å². The zero-order valence-electron chi connectivity index (χ0n) is 19.3. The fraction of sp³-hybridized carbons (Fsp3) is 0.333. The van der Waals surface area contributed by atoms with Crippen LogP contribution in [-0.2, 0) is 4.74 Å². The number of amides is 1. The molecule has 1 spiro atoms. The quantitative estimate of drug-likeness (QED) is 0.392. The summed E-state index contributed by atoms with van der Waals surface area (Å²) in [4.78, 5) is 18.5. The highest BCUT2D eigenvalue weighted by Gasteiger charge is 2.47. The number of hydrogen-bond donors (Lipinski definition) is 1. The van der Waals surface area contributed by atoms with Crippen LogP contribution in [-0.4, -0.2) is 49.2 Å². The minimum atomic E-state index is -0.447. The maximum atomic E-state index is 14.0. The second-order valence-corrected chi connectivity index (χ2v) is 9.01. The third kappa shape index (κ3) is 4.83. The van der Waals surface area contributed by atoms with Crippen LogP contribution in [0.25, 0.3) is 11.3 Å². The summed E-state index contributed by atoms with van der Waals surface area (Å²) >= 11 is 0. The molecule has 0 atom stereocenters. The molecule has 3 aromatic heterocycles. The summed E-state index contributed by atoms with van der Waals surface area (Å²) in [5, 5.41) is 12.0. The minimum Gasteiger partial charge on any atom is -0.441 e. The highest BCUT2D eigenvalue weighted by Crippen LogP contribution is 2.40. The predicted molar refractivity (Wildman–Crippen MR) is 138 cm³/mol. The number of nitrogens with zero attached hydrogens (tertiary/aromatic N) is 6. The first kappa shape index (κ1) is 25.7. The van der Waals surface area contributed by atoms with E-state index in [4.69, 9.17) is 4.74 Å². The number of fused-ring (bicyclic) bond motifs is 1. The van der Waals surface area contributed by atoms with Crippen molar-refractivity contribution in [2.24, 2.45) is 5.92 Å². The Balaban J connectivity index is 0.00000152. The molecule has 0 radical (unpaired) electrons. The molecule has 4 heterocycles. The third-order valence-corrected chi connectivity index (χ3v) is 6.82. The second kappa shape index (κ2) is 10.3. The summed E-state index contributed by atoms with van der Waals surface area (Å²) in [6.45, 7) is 1.31. The number of ether oxygens (including phenoxy) is 1. The lowest BCUT2D eigenvalue weighted by atomic mass is 9.78. The largest absolute Gasteiger partial charge is 0.441 e. The molecule has 12 heteroatoms. The Labute approximate surface area is 219 Å². The SMILES string of the molecule is Cl.Cl.O=C1O[C@]2(CC[C@H](CNc3ccn(-c4ccccc4F)n3)CC2)CN1c1ccc2ncnn2c1. The van der Waals surface area contributed by atoms with Crippen LogP contribution in [0.5, 0.6) is 0 Å². The minimum absolute atomic E-state index is 0. The van der Waals surface area contributed by atoms with Gasteiger partial charge in [0.05, 0.1) is 18.4 Å². The van der Waals surface area contributed by atoms with E-state index in [0.717, 1.165) is 43.6 Å². The average molecular weight is 534 g/mol. The summed E-state index contributed by atoms with van der Waals surface area (Å²) in [5.41, 5.74) is 1.47. The molecule has 1 saturated heterocycles. The second-order valence-electron chi connectivity index (χ2n) is 9.01. The van der Waals surface area contributed by atoms with Crippen LogP contribution < -0.4 is 10.2 Å². The number of halogens is 3. The van der Waals surface area contributed by atoms with E-state index in [1.165, 1.54) is 17.1 Å². The van der Waals surface area contributed by atoms with E-state index in [1.807, 2.05) is 18.2 Å². The normalized spacial score (nSPS) is 21.2. The van der Waals surface area contributed by atoms with Gasteiger partial charge in [0.2, 0.25) is 0 Å². The van der Waals surface area contributed by atoms with Gasteiger partial charge in [-0.05, 0) is 55.9 Å². The average Bonchev–Trinajstić information content (AvgIpc) is 3.58. The van der Waals surface area contributed by atoms with Crippen LogP contribution in [0.1, 0.15) is 25.7 Å². The lowest BCUT2D eigenvalue weighted by Crippen LogP contribution is -2.39. The zero-order valence-corrected chi connectivity index (χ0v) is 20.9. The Morgan fingerprint density at radius 1 is 1.11 bits per heavy atom. The molecule has 36 heavy (non-hydrogen) atoms. The van der Waals surface area contributed by atoms with Crippen LogP contribution in [0, 0.1) is 11.7 Å². The first-order valence-electron chi connectivity index (χ1n) is 11.4. The van der Waals surface area contributed by atoms with Crippen molar-refractivity contribution in [3.05, 3.63) is 67.0 Å². The maximum absolute atomic E-state index is 14.0. The lowest BCUT2D eigenvalue weighted by Gasteiger charge is -2.35. The summed E-state index contributed by atoms with van der Waals surface area (Å²) in [6, 6.07) is 12.1. The van der Waals surface area contributed by atoms with Gasteiger partial charge in [0.25, 0.3) is 0 Å². The highest BCUT2D eigenvalue weighted by molar-refractivity contribution is 5.90. The van der Waals surface area contributed by atoms with Gasteiger partial charge in [-0.1, -0.05) is 12.1 Å². The molecule has 1 saturated carbocycles. The van der Waals surface area contributed by atoms with Crippen molar-refractivity contribution >= 4 is 48.1 Å². The fourth-order valence-corrected chi connectivity index (χ4v) is 4.89. The number of aromatic nitrogens is 5. The Morgan fingerprint density at radius 3 is 2.72 bits per heavy atom. The molecule has 1 aliphatic heterocycles. The molecule has 1 N–H and O–H groups in total. The standard InChI is InChI=1S/C24H24FN7O2.2ClH/c25-19-3-1-2-4-20(19)31-12-9-21(29-31)26-13-17-7-10-24(11-8-17)15-30(23(33)34-24)18-5-6-22-27-16-28-32(22)14-18;;/h1-6,9,12,14,16-17H,7-8,10-11,13,15H2,(H,26,29);2*1H/t17-,24-;;. The van der Waals surface area contributed by atoms with Crippen LogP contribution in [0.3, 0.4) is 0 Å². The lowest BCUT2D eigenvalue weighted by molar-refractivity contribution is 0.0148. The molecular weight excluding hydrogens is 508 g/mol. The van der Waals surface area contributed by atoms with E-state index in [1.54, 1.807) is 40.0 Å². The van der Waals surface area contributed by atoms with Gasteiger partial charge in [0.15, 0.2) is 5.65 Å². The summed E-state index contributed by atoms with van der Waals surface area (Å²) in [5.74, 6) is 0.852. The third-order valence-electron chi connectivity index (χ3n) is 6.82. The highest BCUT2D eigenvalue weighted by atomic mass is 35.5. The molecular formula is C24H26Cl2FN7O2. The molecule has 1 aromatic carbocycles. The van der Waals surface area contributed by atoms with Gasteiger partial charge in [-0.15, -0.1) is 24.8 Å². The van der Waals surface area contributed by atoms with E-state index in [9.17, 15) is 9.18 Å². The topological polar surface area (TPSA) is 89.6 Å². The van der Waals surface area contributed by atoms with Crippen molar-refractivity contribution in [3.63, 3.8) is 0 Å². The Kier molecular flexibility index (Phi) is 7.37. The van der Waals surface area contributed by atoms with E-state index >= 15 is 0 Å². The first-order valence-corrected chi connectivity index (χ1v) is 11.4. The van der Waals surface area contributed by atoms with Crippen molar-refractivity contribution in [2.45, 2.75) is 31.3 Å². The maximum Gasteiger partial charge on any atom is 0.415 e. The predicted octanol–water partition coefficient (Wildman–Crippen LogP) is 4.90. The van der Waals surface area contributed by atoms with Gasteiger partial charge in [-0.2, -0.15) is 10.2 Å². The first-order chi connectivity index (χ1) is 16.6. The van der Waals surface area contributed by atoms with Crippen LogP contribution >= 0.6 is 24.8 Å². The van der Waals surface area contributed by atoms with E-state index in [-0.39, 0.29) is 36.7 Å². The number of carbonyl (C=O) groups is 1. The summed E-state index contributed by atoms with van der Waals surface area (Å²) < 4.78 is 23.1. The molecule has 0 bridgehead atoms. The van der Waals surface area contributed by atoms with Crippen LogP contribution in [0.4, 0.5) is 20.7 Å². The van der Waals surface area contributed by atoms with Crippen molar-refractivity contribution in [1.29, 1.82) is 0 Å². The van der Waals surface area contributed by atoms with Gasteiger partial charge in [-0.3, -0.25) is 4.90 Å². The van der Waals surface area contributed by atoms with Crippen molar-refractivity contribution in [2.75, 3.05) is 23.3 Å². The van der Waals surface area contributed by atoms with Crippen molar-refractivity contribution in [3.8, 4) is 5.69 Å².